The van der Waals surface area contributed by atoms with Crippen molar-refractivity contribution in [3.8, 4) is 23.0 Å². The van der Waals surface area contributed by atoms with Crippen molar-refractivity contribution >= 4 is 28.1 Å². The number of hydrogen-bond acceptors (Lipinski definition) is 4. The Morgan fingerprint density at radius 1 is 0.952 bits per heavy atom. The fraction of sp³-hybridized carbons (Fsp3) is 0.125. The topological polar surface area (TPSA) is 58.9 Å². The normalized spacial score (nSPS) is 10.8. The van der Waals surface area contributed by atoms with Crippen molar-refractivity contribution in [2.24, 2.45) is 0 Å². The van der Waals surface area contributed by atoms with E-state index in [9.17, 15) is 10.2 Å². The van der Waals surface area contributed by atoms with Gasteiger partial charge in [-0.15, -0.1) is 0 Å². The molecular formula is C16H15BrO4. The molecule has 0 unspecified atom stereocenters. The molecule has 2 rings (SSSR count). The van der Waals surface area contributed by atoms with Crippen molar-refractivity contribution in [2.45, 2.75) is 0 Å². The average molecular weight is 351 g/mol. The van der Waals surface area contributed by atoms with Crippen molar-refractivity contribution < 1.29 is 19.7 Å². The van der Waals surface area contributed by atoms with E-state index in [0.29, 0.717) is 11.5 Å². The Balaban J connectivity index is 2.35. The first-order valence-electron chi connectivity index (χ1n) is 6.16. The van der Waals surface area contributed by atoms with E-state index in [4.69, 9.17) is 9.47 Å². The van der Waals surface area contributed by atoms with Gasteiger partial charge in [0.1, 0.15) is 11.5 Å². The minimum atomic E-state index is 0.0925. The van der Waals surface area contributed by atoms with E-state index < -0.39 is 0 Å². The first-order valence-corrected chi connectivity index (χ1v) is 6.96. The van der Waals surface area contributed by atoms with Crippen LogP contribution in [-0.2, 0) is 0 Å². The zero-order valence-electron chi connectivity index (χ0n) is 11.6. The van der Waals surface area contributed by atoms with Crippen molar-refractivity contribution in [1.29, 1.82) is 0 Å². The van der Waals surface area contributed by atoms with E-state index in [0.717, 1.165) is 15.6 Å². The summed E-state index contributed by atoms with van der Waals surface area (Å²) < 4.78 is 11.0. The zero-order chi connectivity index (χ0) is 15.4. The Kier molecular flexibility index (Phi) is 4.75. The van der Waals surface area contributed by atoms with Crippen LogP contribution in [-0.4, -0.2) is 24.4 Å². The molecule has 0 aliphatic carbocycles. The highest BCUT2D eigenvalue weighted by Crippen LogP contribution is 2.34. The third kappa shape index (κ3) is 3.49. The van der Waals surface area contributed by atoms with Gasteiger partial charge >= 0.3 is 0 Å². The average Bonchev–Trinajstić information content (AvgIpc) is 2.49. The van der Waals surface area contributed by atoms with Crippen LogP contribution >= 0.6 is 15.9 Å². The second-order valence-electron chi connectivity index (χ2n) is 4.32. The fourth-order valence-corrected chi connectivity index (χ4v) is 2.38. The summed E-state index contributed by atoms with van der Waals surface area (Å²) in [6, 6.07) is 8.21. The van der Waals surface area contributed by atoms with Crippen molar-refractivity contribution in [1.82, 2.24) is 0 Å². The molecule has 2 N–H and O–H groups in total. The van der Waals surface area contributed by atoms with Crippen LogP contribution in [0.25, 0.3) is 12.2 Å². The van der Waals surface area contributed by atoms with Gasteiger partial charge in [0.2, 0.25) is 0 Å². The van der Waals surface area contributed by atoms with Gasteiger partial charge in [-0.2, -0.15) is 0 Å². The lowest BCUT2D eigenvalue weighted by Crippen LogP contribution is -1.87. The smallest absolute Gasteiger partial charge is 0.161 e. The van der Waals surface area contributed by atoms with Gasteiger partial charge in [-0.05, 0) is 45.3 Å². The van der Waals surface area contributed by atoms with Crippen LogP contribution < -0.4 is 9.47 Å². The van der Waals surface area contributed by atoms with E-state index in [1.165, 1.54) is 20.3 Å². The highest BCUT2D eigenvalue weighted by atomic mass is 79.9. The van der Waals surface area contributed by atoms with E-state index in [1.807, 2.05) is 12.2 Å². The molecule has 2 aromatic carbocycles. The quantitative estimate of drug-likeness (QED) is 0.816. The molecular weight excluding hydrogens is 336 g/mol. The monoisotopic (exact) mass is 350 g/mol. The molecule has 0 amide bonds. The van der Waals surface area contributed by atoms with E-state index in [-0.39, 0.29) is 11.5 Å². The number of aromatic hydroxyl groups is 2. The maximum Gasteiger partial charge on any atom is 0.161 e. The van der Waals surface area contributed by atoms with Gasteiger partial charge < -0.3 is 19.7 Å². The van der Waals surface area contributed by atoms with E-state index in [1.54, 1.807) is 24.3 Å². The highest BCUT2D eigenvalue weighted by Gasteiger charge is 2.07. The molecule has 0 fully saturated rings. The van der Waals surface area contributed by atoms with Crippen LogP contribution in [0.4, 0.5) is 0 Å². The first-order chi connectivity index (χ1) is 10.0. The lowest BCUT2D eigenvalue weighted by molar-refractivity contribution is 0.373. The van der Waals surface area contributed by atoms with Gasteiger partial charge in [-0.3, -0.25) is 0 Å². The molecule has 4 nitrogen and oxygen atoms in total. The van der Waals surface area contributed by atoms with Gasteiger partial charge in [0.05, 0.1) is 18.7 Å². The molecule has 0 heterocycles. The molecule has 0 aromatic heterocycles. The Labute approximate surface area is 131 Å². The Bertz CT molecular complexity index is 680. The number of halogens is 1. The molecule has 0 aliphatic rings. The second-order valence-corrected chi connectivity index (χ2v) is 5.11. The molecule has 0 radical (unpaired) electrons. The molecule has 21 heavy (non-hydrogen) atoms. The van der Waals surface area contributed by atoms with Gasteiger partial charge in [0, 0.05) is 6.07 Å². The van der Waals surface area contributed by atoms with Gasteiger partial charge in [-0.1, -0.05) is 18.2 Å². The first kappa shape index (κ1) is 15.3. The number of methoxy groups -OCH3 is 2. The van der Waals surface area contributed by atoms with Gasteiger partial charge in [0.25, 0.3) is 0 Å². The largest absolute Gasteiger partial charge is 0.508 e. The van der Waals surface area contributed by atoms with E-state index in [2.05, 4.69) is 15.9 Å². The minimum Gasteiger partial charge on any atom is -0.508 e. The van der Waals surface area contributed by atoms with Crippen LogP contribution in [0, 0.1) is 0 Å². The lowest BCUT2D eigenvalue weighted by atomic mass is 10.1. The van der Waals surface area contributed by atoms with Crippen molar-refractivity contribution in [3.05, 3.63) is 45.9 Å². The summed E-state index contributed by atoms with van der Waals surface area (Å²) in [4.78, 5) is 0. The van der Waals surface area contributed by atoms with Crippen LogP contribution in [0.2, 0.25) is 0 Å². The van der Waals surface area contributed by atoms with E-state index >= 15 is 0 Å². The molecule has 0 spiro atoms. The van der Waals surface area contributed by atoms with Crippen LogP contribution in [0.1, 0.15) is 11.1 Å². The molecule has 0 aliphatic heterocycles. The molecule has 0 bridgehead atoms. The Morgan fingerprint density at radius 2 is 1.67 bits per heavy atom. The molecule has 110 valence electrons. The summed E-state index contributed by atoms with van der Waals surface area (Å²) >= 11 is 3.44. The third-order valence-electron chi connectivity index (χ3n) is 2.93. The fourth-order valence-electron chi connectivity index (χ4n) is 1.86. The summed E-state index contributed by atoms with van der Waals surface area (Å²) in [5, 5.41) is 19.2. The summed E-state index contributed by atoms with van der Waals surface area (Å²) in [6.45, 7) is 0. The van der Waals surface area contributed by atoms with Crippen LogP contribution in [0.5, 0.6) is 23.0 Å². The van der Waals surface area contributed by atoms with Crippen LogP contribution in [0.15, 0.2) is 34.8 Å². The molecule has 0 atom stereocenters. The lowest BCUT2D eigenvalue weighted by Gasteiger charge is -2.07. The zero-order valence-corrected chi connectivity index (χ0v) is 13.2. The number of rotatable bonds is 4. The third-order valence-corrected chi connectivity index (χ3v) is 3.78. The maximum atomic E-state index is 9.68. The SMILES string of the molecule is COc1cc(/C=C/c2cc(O)cc(OC)c2Br)ccc1O. The Hall–Kier alpha value is -2.14. The number of phenolic OH excluding ortho intramolecular Hbond substituents is 2. The molecule has 0 saturated carbocycles. The highest BCUT2D eigenvalue weighted by molar-refractivity contribution is 9.10. The summed E-state index contributed by atoms with van der Waals surface area (Å²) in [7, 11) is 3.04. The Morgan fingerprint density at radius 3 is 2.33 bits per heavy atom. The van der Waals surface area contributed by atoms with Crippen LogP contribution in [0.3, 0.4) is 0 Å². The predicted molar refractivity (Wildman–Crippen MR) is 85.9 cm³/mol. The second kappa shape index (κ2) is 6.54. The maximum absolute atomic E-state index is 9.68. The summed E-state index contributed by atoms with van der Waals surface area (Å²) in [5.41, 5.74) is 1.64. The number of ether oxygens (including phenoxy) is 2. The van der Waals surface area contributed by atoms with Gasteiger partial charge in [-0.25, -0.2) is 0 Å². The number of hydrogen-bond donors (Lipinski definition) is 2. The molecule has 2 aromatic rings. The molecule has 5 heteroatoms. The van der Waals surface area contributed by atoms with Crippen molar-refractivity contribution in [3.63, 3.8) is 0 Å². The summed E-state index contributed by atoms with van der Waals surface area (Å²) in [6.07, 6.45) is 3.68. The standard InChI is InChI=1S/C16H15BrO4/c1-20-14-7-10(4-6-13(14)19)3-5-11-8-12(18)9-15(21-2)16(11)17/h3-9,18-19H,1-2H3/b5-3+. The predicted octanol–water partition coefficient (Wildman–Crippen LogP) is 4.05. The van der Waals surface area contributed by atoms with Crippen molar-refractivity contribution in [2.75, 3.05) is 14.2 Å². The minimum absolute atomic E-state index is 0.0925. The van der Waals surface area contributed by atoms with Gasteiger partial charge in [0.15, 0.2) is 11.5 Å². The number of phenols is 2. The molecule has 0 saturated heterocycles. The summed E-state index contributed by atoms with van der Waals surface area (Å²) in [5.74, 6) is 1.18. The number of benzene rings is 2.